The van der Waals surface area contributed by atoms with Crippen LogP contribution in [0.25, 0.3) is 0 Å². The smallest absolute Gasteiger partial charge is 0.238 e. The molecule has 0 saturated heterocycles. The van der Waals surface area contributed by atoms with Gasteiger partial charge in [0.25, 0.3) is 0 Å². The molecule has 0 fully saturated rings. The molecule has 4 heteroatoms. The molecule has 19 heavy (non-hydrogen) atoms. The summed E-state index contributed by atoms with van der Waals surface area (Å²) in [5, 5.41) is 8.01. The van der Waals surface area contributed by atoms with Gasteiger partial charge in [0.05, 0.1) is 5.69 Å². The van der Waals surface area contributed by atoms with Gasteiger partial charge in [-0.05, 0) is 30.0 Å². The van der Waals surface area contributed by atoms with E-state index in [4.69, 9.17) is 10.5 Å². The average molecular weight is 257 g/mol. The fraction of sp³-hybridized carbons (Fsp3) is 0.333. The summed E-state index contributed by atoms with van der Waals surface area (Å²) in [6.45, 7) is 4.74. The van der Waals surface area contributed by atoms with Gasteiger partial charge in [-0.2, -0.15) is 5.10 Å². The lowest BCUT2D eigenvalue weighted by atomic mass is 9.98. The van der Waals surface area contributed by atoms with Crippen LogP contribution in [-0.4, -0.2) is 10.2 Å². The van der Waals surface area contributed by atoms with Crippen LogP contribution in [0.3, 0.4) is 0 Å². The third kappa shape index (κ3) is 3.29. The lowest BCUT2D eigenvalue weighted by Crippen LogP contribution is -2.02. The monoisotopic (exact) mass is 257 g/mol. The largest absolute Gasteiger partial charge is 0.437 e. The van der Waals surface area contributed by atoms with Crippen molar-refractivity contribution in [2.75, 3.05) is 0 Å². The van der Waals surface area contributed by atoms with E-state index in [1.807, 2.05) is 24.3 Å². The number of hydrogen-bond acceptors (Lipinski definition) is 4. The Morgan fingerprint density at radius 3 is 2.58 bits per heavy atom. The number of para-hydroxylation sites is 1. The van der Waals surface area contributed by atoms with Crippen LogP contribution < -0.4 is 10.5 Å². The molecule has 1 heterocycles. The summed E-state index contributed by atoms with van der Waals surface area (Å²) in [6, 6.07) is 11.7. The fourth-order valence-electron chi connectivity index (χ4n) is 1.82. The zero-order valence-electron chi connectivity index (χ0n) is 11.3. The molecule has 2 N–H and O–H groups in total. The Balaban J connectivity index is 2.22. The number of benzene rings is 1. The van der Waals surface area contributed by atoms with Crippen molar-refractivity contribution in [2.45, 2.75) is 32.7 Å². The summed E-state index contributed by atoms with van der Waals surface area (Å²) in [5.74, 6) is 1.78. The molecule has 2 aromatic rings. The van der Waals surface area contributed by atoms with Gasteiger partial charge in [0.1, 0.15) is 5.75 Å². The van der Waals surface area contributed by atoms with Gasteiger partial charge in [-0.1, -0.05) is 32.0 Å². The van der Waals surface area contributed by atoms with Crippen LogP contribution in [0.15, 0.2) is 36.4 Å². The first kappa shape index (κ1) is 13.5. The molecule has 1 aromatic heterocycles. The van der Waals surface area contributed by atoms with Gasteiger partial charge in [0.2, 0.25) is 5.88 Å². The molecule has 0 aliphatic heterocycles. The maximum absolute atomic E-state index is 5.82. The molecule has 0 bridgehead atoms. The maximum Gasteiger partial charge on any atom is 0.238 e. The van der Waals surface area contributed by atoms with Gasteiger partial charge in [-0.25, -0.2) is 0 Å². The van der Waals surface area contributed by atoms with E-state index in [9.17, 15) is 0 Å². The van der Waals surface area contributed by atoms with Crippen LogP contribution >= 0.6 is 0 Å². The minimum absolute atomic E-state index is 0.386. The van der Waals surface area contributed by atoms with Gasteiger partial charge < -0.3 is 10.5 Å². The van der Waals surface area contributed by atoms with Crippen molar-refractivity contribution in [2.24, 2.45) is 5.73 Å². The molecule has 2 rings (SSSR count). The number of aromatic nitrogens is 2. The predicted molar refractivity (Wildman–Crippen MR) is 75.1 cm³/mol. The highest BCUT2D eigenvalue weighted by molar-refractivity contribution is 5.38. The van der Waals surface area contributed by atoms with Crippen LogP contribution in [0, 0.1) is 0 Å². The highest BCUT2D eigenvalue weighted by Crippen LogP contribution is 2.30. The van der Waals surface area contributed by atoms with Crippen LogP contribution in [0.2, 0.25) is 0 Å². The second-order valence-electron chi connectivity index (χ2n) is 4.52. The Labute approximate surface area is 113 Å². The van der Waals surface area contributed by atoms with E-state index in [0.717, 1.165) is 17.9 Å². The molecule has 4 nitrogen and oxygen atoms in total. The van der Waals surface area contributed by atoms with Gasteiger partial charge in [-0.15, -0.1) is 5.10 Å². The first-order valence-corrected chi connectivity index (χ1v) is 6.54. The summed E-state index contributed by atoms with van der Waals surface area (Å²) in [5.41, 5.74) is 7.43. The minimum Gasteiger partial charge on any atom is -0.437 e. The van der Waals surface area contributed by atoms with E-state index in [-0.39, 0.29) is 0 Å². The highest BCUT2D eigenvalue weighted by atomic mass is 16.5. The normalized spacial score (nSPS) is 12.2. The summed E-state index contributed by atoms with van der Waals surface area (Å²) in [4.78, 5) is 0. The van der Waals surface area contributed by atoms with E-state index < -0.39 is 0 Å². The number of nitrogens with zero attached hydrogens (tertiary/aromatic N) is 2. The first-order chi connectivity index (χ1) is 9.24. The van der Waals surface area contributed by atoms with Crippen LogP contribution in [-0.2, 0) is 6.54 Å². The van der Waals surface area contributed by atoms with Crippen molar-refractivity contribution in [3.63, 3.8) is 0 Å². The summed E-state index contributed by atoms with van der Waals surface area (Å²) < 4.78 is 5.82. The SMILES string of the molecule is CCC(C)c1ccccc1Oc1ccc(CN)nn1. The minimum atomic E-state index is 0.386. The first-order valence-electron chi connectivity index (χ1n) is 6.54. The second-order valence-corrected chi connectivity index (χ2v) is 4.52. The number of hydrogen-bond donors (Lipinski definition) is 1. The van der Waals surface area contributed by atoms with Gasteiger partial charge in [0, 0.05) is 12.6 Å². The van der Waals surface area contributed by atoms with E-state index >= 15 is 0 Å². The van der Waals surface area contributed by atoms with Crippen molar-refractivity contribution >= 4 is 0 Å². The molecule has 1 atom stereocenters. The van der Waals surface area contributed by atoms with Gasteiger partial charge in [0.15, 0.2) is 0 Å². The van der Waals surface area contributed by atoms with Gasteiger partial charge in [-0.3, -0.25) is 0 Å². The Kier molecular flexibility index (Phi) is 4.47. The Bertz CT molecular complexity index is 525. The second kappa shape index (κ2) is 6.29. The molecule has 0 amide bonds. The van der Waals surface area contributed by atoms with Crippen molar-refractivity contribution in [3.8, 4) is 11.6 Å². The molecule has 100 valence electrons. The standard InChI is InChI=1S/C15H19N3O/c1-3-11(2)13-6-4-5-7-14(13)19-15-9-8-12(10-16)17-18-15/h4-9,11H,3,10,16H2,1-2H3. The lowest BCUT2D eigenvalue weighted by Gasteiger charge is -2.14. The third-order valence-electron chi connectivity index (χ3n) is 3.18. The van der Waals surface area contributed by atoms with E-state index in [1.54, 1.807) is 6.07 Å². The topological polar surface area (TPSA) is 61.0 Å². The number of rotatable bonds is 5. The molecular formula is C15H19N3O. The van der Waals surface area contributed by atoms with Crippen LogP contribution in [0.5, 0.6) is 11.6 Å². The van der Waals surface area contributed by atoms with E-state index in [0.29, 0.717) is 18.3 Å². The van der Waals surface area contributed by atoms with Crippen molar-refractivity contribution in [3.05, 3.63) is 47.7 Å². The summed E-state index contributed by atoms with van der Waals surface area (Å²) in [6.07, 6.45) is 1.07. The lowest BCUT2D eigenvalue weighted by molar-refractivity contribution is 0.444. The quantitative estimate of drug-likeness (QED) is 0.893. The Hall–Kier alpha value is -1.94. The average Bonchev–Trinajstić information content (AvgIpc) is 2.48. The van der Waals surface area contributed by atoms with Crippen molar-refractivity contribution < 1.29 is 4.74 Å². The fourth-order valence-corrected chi connectivity index (χ4v) is 1.82. The molecule has 0 radical (unpaired) electrons. The number of nitrogens with two attached hydrogens (primary N) is 1. The summed E-state index contributed by atoms with van der Waals surface area (Å²) in [7, 11) is 0. The molecule has 1 aromatic carbocycles. The molecule has 0 aliphatic carbocycles. The van der Waals surface area contributed by atoms with Crippen LogP contribution in [0.4, 0.5) is 0 Å². The van der Waals surface area contributed by atoms with E-state index in [2.05, 4.69) is 30.1 Å². The Morgan fingerprint density at radius 2 is 1.95 bits per heavy atom. The zero-order valence-corrected chi connectivity index (χ0v) is 11.3. The molecule has 0 saturated carbocycles. The molecule has 0 aliphatic rings. The molecule has 0 spiro atoms. The predicted octanol–water partition coefficient (Wildman–Crippen LogP) is 3.24. The van der Waals surface area contributed by atoms with E-state index in [1.165, 1.54) is 5.56 Å². The zero-order chi connectivity index (χ0) is 13.7. The van der Waals surface area contributed by atoms with Gasteiger partial charge >= 0.3 is 0 Å². The molecule has 1 unspecified atom stereocenters. The highest BCUT2D eigenvalue weighted by Gasteiger charge is 2.10. The van der Waals surface area contributed by atoms with Crippen molar-refractivity contribution in [1.29, 1.82) is 0 Å². The van der Waals surface area contributed by atoms with Crippen LogP contribution in [0.1, 0.15) is 37.4 Å². The van der Waals surface area contributed by atoms with Crippen molar-refractivity contribution in [1.82, 2.24) is 10.2 Å². The maximum atomic E-state index is 5.82. The Morgan fingerprint density at radius 1 is 1.16 bits per heavy atom. The number of ether oxygens (including phenoxy) is 1. The third-order valence-corrected chi connectivity index (χ3v) is 3.18. The summed E-state index contributed by atoms with van der Waals surface area (Å²) >= 11 is 0. The molecular weight excluding hydrogens is 238 g/mol.